The van der Waals surface area contributed by atoms with Gasteiger partial charge >= 0.3 is 0 Å². The molecule has 1 aliphatic carbocycles. The number of hydrogen-bond acceptors (Lipinski definition) is 3. The maximum absolute atomic E-state index is 5.29. The number of nitrogens with one attached hydrogen (secondary N) is 1. The fourth-order valence-electron chi connectivity index (χ4n) is 1.94. The summed E-state index contributed by atoms with van der Waals surface area (Å²) in [7, 11) is 0. The van der Waals surface area contributed by atoms with Crippen molar-refractivity contribution in [2.75, 3.05) is 13.2 Å². The van der Waals surface area contributed by atoms with Gasteiger partial charge in [0.25, 0.3) is 6.02 Å². The summed E-state index contributed by atoms with van der Waals surface area (Å²) in [6.45, 7) is 3.88. The fourth-order valence-corrected chi connectivity index (χ4v) is 1.94. The molecule has 12 heavy (non-hydrogen) atoms. The highest BCUT2D eigenvalue weighted by Crippen LogP contribution is 2.24. The number of hydrogen-bond donors (Lipinski definition) is 1. The largest absolute Gasteiger partial charge is 0.463 e. The Bertz CT molecular complexity index is 191. The molecule has 0 radical (unpaired) electrons. The summed E-state index contributed by atoms with van der Waals surface area (Å²) >= 11 is 0. The van der Waals surface area contributed by atoms with Crippen molar-refractivity contribution in [2.45, 2.75) is 32.2 Å². The molecule has 2 atom stereocenters. The van der Waals surface area contributed by atoms with Crippen molar-refractivity contribution in [3.8, 4) is 0 Å². The minimum Gasteiger partial charge on any atom is -0.463 e. The van der Waals surface area contributed by atoms with E-state index in [1.165, 1.54) is 19.3 Å². The summed E-state index contributed by atoms with van der Waals surface area (Å²) in [5.41, 5.74) is 0. The van der Waals surface area contributed by atoms with Gasteiger partial charge in [0, 0.05) is 6.04 Å². The number of rotatable bonds is 1. The van der Waals surface area contributed by atoms with Gasteiger partial charge in [-0.2, -0.15) is 0 Å². The average molecular weight is 168 g/mol. The second-order valence-corrected chi connectivity index (χ2v) is 3.79. The van der Waals surface area contributed by atoms with Crippen LogP contribution in [0.5, 0.6) is 0 Å². The van der Waals surface area contributed by atoms with Crippen LogP contribution < -0.4 is 5.32 Å². The van der Waals surface area contributed by atoms with Crippen LogP contribution >= 0.6 is 0 Å². The second kappa shape index (κ2) is 3.33. The predicted molar refractivity (Wildman–Crippen MR) is 48.2 cm³/mol. The maximum Gasteiger partial charge on any atom is 0.285 e. The van der Waals surface area contributed by atoms with Gasteiger partial charge in [-0.15, -0.1) is 0 Å². The highest BCUT2D eigenvalue weighted by atomic mass is 16.5. The molecule has 0 spiro atoms. The first-order valence-corrected chi connectivity index (χ1v) is 4.78. The Morgan fingerprint density at radius 2 is 2.42 bits per heavy atom. The van der Waals surface area contributed by atoms with Crippen LogP contribution in [0.25, 0.3) is 0 Å². The number of amidine groups is 1. The van der Waals surface area contributed by atoms with Crippen LogP contribution in [-0.2, 0) is 4.74 Å². The zero-order chi connectivity index (χ0) is 8.39. The summed E-state index contributed by atoms with van der Waals surface area (Å²) < 4.78 is 5.29. The van der Waals surface area contributed by atoms with Crippen LogP contribution in [0.3, 0.4) is 0 Å². The lowest BCUT2D eigenvalue weighted by atomic mass is 10.1. The van der Waals surface area contributed by atoms with Crippen LogP contribution in [0.15, 0.2) is 4.99 Å². The Labute approximate surface area is 73.2 Å². The van der Waals surface area contributed by atoms with Gasteiger partial charge in [0.2, 0.25) is 0 Å². The van der Waals surface area contributed by atoms with Crippen molar-refractivity contribution >= 4 is 6.02 Å². The van der Waals surface area contributed by atoms with E-state index < -0.39 is 0 Å². The lowest BCUT2D eigenvalue weighted by Crippen LogP contribution is -2.33. The average Bonchev–Trinajstić information content (AvgIpc) is 2.63. The molecule has 0 bridgehead atoms. The quantitative estimate of drug-likeness (QED) is 0.637. The standard InChI is InChI=1S/C9H16N2O/c1-7-2-3-8(6-7)11-9-10-4-5-12-9/h7-8H,2-6H2,1H3,(H,10,11). The van der Waals surface area contributed by atoms with Crippen molar-refractivity contribution in [3.05, 3.63) is 0 Å². The first-order chi connectivity index (χ1) is 5.84. The maximum atomic E-state index is 5.29. The number of aliphatic imine (C=N–C) groups is 1. The smallest absolute Gasteiger partial charge is 0.285 e. The molecule has 68 valence electrons. The minimum atomic E-state index is 0.608. The third kappa shape index (κ3) is 1.71. The van der Waals surface area contributed by atoms with Gasteiger partial charge in [-0.3, -0.25) is 0 Å². The van der Waals surface area contributed by atoms with Crippen LogP contribution in [-0.4, -0.2) is 25.2 Å². The monoisotopic (exact) mass is 168 g/mol. The Hall–Kier alpha value is -0.730. The molecule has 0 aromatic heterocycles. The SMILES string of the molecule is CC1CCC(NC2=NCCO2)C1. The molecule has 2 rings (SSSR count). The van der Waals surface area contributed by atoms with E-state index in [4.69, 9.17) is 4.74 Å². The molecule has 0 amide bonds. The van der Waals surface area contributed by atoms with E-state index in [9.17, 15) is 0 Å². The molecule has 3 heteroatoms. The lowest BCUT2D eigenvalue weighted by Gasteiger charge is -2.12. The normalized spacial score (nSPS) is 34.6. The molecular formula is C9H16N2O. The summed E-state index contributed by atoms with van der Waals surface area (Å²) in [5.74, 6) is 0.865. The molecule has 3 nitrogen and oxygen atoms in total. The van der Waals surface area contributed by atoms with E-state index in [1.807, 2.05) is 0 Å². The summed E-state index contributed by atoms with van der Waals surface area (Å²) in [4.78, 5) is 4.21. The van der Waals surface area contributed by atoms with Gasteiger partial charge in [-0.25, -0.2) is 4.99 Å². The van der Waals surface area contributed by atoms with E-state index in [0.717, 1.165) is 25.1 Å². The number of ether oxygens (including phenoxy) is 1. The topological polar surface area (TPSA) is 33.6 Å². The summed E-state index contributed by atoms with van der Waals surface area (Å²) in [6.07, 6.45) is 3.87. The molecule has 0 saturated heterocycles. The predicted octanol–water partition coefficient (Wildman–Crippen LogP) is 1.15. The van der Waals surface area contributed by atoms with Crippen molar-refractivity contribution in [1.29, 1.82) is 0 Å². The van der Waals surface area contributed by atoms with E-state index in [1.54, 1.807) is 0 Å². The van der Waals surface area contributed by atoms with Gasteiger partial charge in [-0.05, 0) is 25.2 Å². The molecule has 1 fully saturated rings. The highest BCUT2D eigenvalue weighted by molar-refractivity contribution is 5.75. The van der Waals surface area contributed by atoms with Crippen LogP contribution in [0, 0.1) is 5.92 Å². The Morgan fingerprint density at radius 1 is 1.50 bits per heavy atom. The van der Waals surface area contributed by atoms with Gasteiger partial charge in [0.1, 0.15) is 6.61 Å². The Morgan fingerprint density at radius 3 is 3.00 bits per heavy atom. The molecule has 1 N–H and O–H groups in total. The lowest BCUT2D eigenvalue weighted by molar-refractivity contribution is 0.324. The minimum absolute atomic E-state index is 0.608. The Kier molecular flexibility index (Phi) is 2.19. The second-order valence-electron chi connectivity index (χ2n) is 3.79. The van der Waals surface area contributed by atoms with Crippen molar-refractivity contribution in [2.24, 2.45) is 10.9 Å². The molecule has 1 heterocycles. The Balaban J connectivity index is 1.79. The molecule has 0 aromatic carbocycles. The molecular weight excluding hydrogens is 152 g/mol. The van der Waals surface area contributed by atoms with Crippen LogP contribution in [0.4, 0.5) is 0 Å². The summed E-state index contributed by atoms with van der Waals surface area (Å²) in [5, 5.41) is 3.34. The van der Waals surface area contributed by atoms with Crippen LogP contribution in [0.2, 0.25) is 0 Å². The van der Waals surface area contributed by atoms with Gasteiger partial charge in [-0.1, -0.05) is 6.92 Å². The first-order valence-electron chi connectivity index (χ1n) is 4.78. The number of nitrogens with zero attached hydrogens (tertiary/aromatic N) is 1. The van der Waals surface area contributed by atoms with Crippen molar-refractivity contribution in [1.82, 2.24) is 5.32 Å². The molecule has 1 saturated carbocycles. The van der Waals surface area contributed by atoms with E-state index in [2.05, 4.69) is 17.2 Å². The molecule has 2 unspecified atom stereocenters. The fraction of sp³-hybridized carbons (Fsp3) is 0.889. The zero-order valence-corrected chi connectivity index (χ0v) is 7.55. The third-order valence-electron chi connectivity index (χ3n) is 2.61. The zero-order valence-electron chi connectivity index (χ0n) is 7.55. The van der Waals surface area contributed by atoms with E-state index in [-0.39, 0.29) is 0 Å². The van der Waals surface area contributed by atoms with E-state index >= 15 is 0 Å². The molecule has 1 aliphatic heterocycles. The van der Waals surface area contributed by atoms with Crippen molar-refractivity contribution in [3.63, 3.8) is 0 Å². The van der Waals surface area contributed by atoms with Gasteiger partial charge in [0.05, 0.1) is 6.54 Å². The highest BCUT2D eigenvalue weighted by Gasteiger charge is 2.23. The van der Waals surface area contributed by atoms with Gasteiger partial charge < -0.3 is 10.1 Å². The molecule has 2 aliphatic rings. The van der Waals surface area contributed by atoms with E-state index in [0.29, 0.717) is 6.04 Å². The first kappa shape index (κ1) is 7.90. The summed E-state index contributed by atoms with van der Waals surface area (Å²) in [6, 6.07) is 1.38. The molecule has 0 aromatic rings. The van der Waals surface area contributed by atoms with Crippen molar-refractivity contribution < 1.29 is 4.74 Å². The van der Waals surface area contributed by atoms with Gasteiger partial charge in [0.15, 0.2) is 0 Å². The van der Waals surface area contributed by atoms with Crippen LogP contribution in [0.1, 0.15) is 26.2 Å². The third-order valence-corrected chi connectivity index (χ3v) is 2.61.